The van der Waals surface area contributed by atoms with Crippen molar-refractivity contribution in [2.24, 2.45) is 0 Å². The van der Waals surface area contributed by atoms with E-state index >= 15 is 0 Å². The van der Waals surface area contributed by atoms with E-state index in [9.17, 15) is 8.42 Å². The van der Waals surface area contributed by atoms with E-state index in [2.05, 4.69) is 25.5 Å². The van der Waals surface area contributed by atoms with Crippen molar-refractivity contribution in [2.75, 3.05) is 55.4 Å². The number of hydrogen-bond acceptors (Lipinski definition) is 9. The topological polar surface area (TPSA) is 106 Å². The highest BCUT2D eigenvalue weighted by Crippen LogP contribution is 2.33. The molecule has 4 aromatic rings. The van der Waals surface area contributed by atoms with Crippen LogP contribution in [0.25, 0.3) is 10.9 Å². The first kappa shape index (κ1) is 26.7. The molecule has 39 heavy (non-hydrogen) atoms. The minimum Gasteiger partial charge on any atom is -0.495 e. The first-order valence-electron chi connectivity index (χ1n) is 13.0. The Morgan fingerprint density at radius 2 is 1.74 bits per heavy atom. The second-order valence-electron chi connectivity index (χ2n) is 9.49. The highest BCUT2D eigenvalue weighted by molar-refractivity contribution is 7.91. The lowest BCUT2D eigenvalue weighted by Gasteiger charge is -2.26. The van der Waals surface area contributed by atoms with Crippen LogP contribution in [0.2, 0.25) is 0 Å². The van der Waals surface area contributed by atoms with Gasteiger partial charge < -0.3 is 25.0 Å². The summed E-state index contributed by atoms with van der Waals surface area (Å²) in [4.78, 5) is 11.1. The van der Waals surface area contributed by atoms with E-state index in [-0.39, 0.29) is 11.5 Å². The predicted octanol–water partition coefficient (Wildman–Crippen LogP) is 4.49. The molecular weight excluding hydrogens is 514 g/mol. The molecule has 0 radical (unpaired) electrons. The normalized spacial score (nSPS) is 15.1. The number of rotatable bonds is 11. The maximum absolute atomic E-state index is 11.6. The van der Waals surface area contributed by atoms with Crippen LogP contribution in [0.3, 0.4) is 0 Å². The Kier molecular flexibility index (Phi) is 8.43. The van der Waals surface area contributed by atoms with Gasteiger partial charge in [0.15, 0.2) is 9.84 Å². The number of aromatic nitrogens is 2. The van der Waals surface area contributed by atoms with Crippen molar-refractivity contribution in [1.82, 2.24) is 14.9 Å². The Morgan fingerprint density at radius 3 is 2.49 bits per heavy atom. The van der Waals surface area contributed by atoms with Gasteiger partial charge in [-0.2, -0.15) is 0 Å². The third kappa shape index (κ3) is 7.15. The van der Waals surface area contributed by atoms with E-state index in [0.29, 0.717) is 31.3 Å². The van der Waals surface area contributed by atoms with Crippen LogP contribution in [0, 0.1) is 0 Å². The lowest BCUT2D eigenvalue weighted by molar-refractivity contribution is 0.294. The van der Waals surface area contributed by atoms with Crippen molar-refractivity contribution in [3.05, 3.63) is 78.6 Å². The van der Waals surface area contributed by atoms with Crippen LogP contribution in [0.15, 0.2) is 73.1 Å². The molecule has 0 bridgehead atoms. The molecule has 1 fully saturated rings. The third-order valence-electron chi connectivity index (χ3n) is 6.73. The standard InChI is InChI=1S/C29H33N5O4S/c1-37-28-19-26-25(18-27(28)30-12-5-13-34-14-16-39(35,36)17-15-34)29(32-21-31-26)33-23-8-10-24(11-9-23)38-20-22-6-3-2-4-7-22/h2-4,6-11,18-19,21,30H,5,12-17,20H2,1H3,(H,31,32,33). The Balaban J connectivity index is 1.22. The summed E-state index contributed by atoms with van der Waals surface area (Å²) in [6, 6.07) is 21.8. The van der Waals surface area contributed by atoms with Gasteiger partial charge in [-0.1, -0.05) is 30.3 Å². The average Bonchev–Trinajstić information content (AvgIpc) is 2.96. The molecule has 0 atom stereocenters. The number of ether oxygens (including phenoxy) is 2. The van der Waals surface area contributed by atoms with E-state index in [1.54, 1.807) is 7.11 Å². The van der Waals surface area contributed by atoms with Crippen molar-refractivity contribution in [3.63, 3.8) is 0 Å². The van der Waals surface area contributed by atoms with Crippen LogP contribution in [-0.2, 0) is 16.4 Å². The van der Waals surface area contributed by atoms with Crippen LogP contribution < -0.4 is 20.1 Å². The van der Waals surface area contributed by atoms with Gasteiger partial charge in [-0.15, -0.1) is 0 Å². The van der Waals surface area contributed by atoms with E-state index in [4.69, 9.17) is 9.47 Å². The summed E-state index contributed by atoms with van der Waals surface area (Å²) >= 11 is 0. The molecule has 9 nitrogen and oxygen atoms in total. The molecule has 3 aromatic carbocycles. The highest BCUT2D eigenvalue weighted by atomic mass is 32.2. The molecule has 1 saturated heterocycles. The van der Waals surface area contributed by atoms with Crippen molar-refractivity contribution >= 4 is 37.9 Å². The fraction of sp³-hybridized carbons (Fsp3) is 0.310. The lowest BCUT2D eigenvalue weighted by atomic mass is 10.1. The fourth-order valence-corrected chi connectivity index (χ4v) is 5.78. The molecule has 1 aliphatic rings. The molecule has 1 aromatic heterocycles. The summed E-state index contributed by atoms with van der Waals surface area (Å²) in [6.07, 6.45) is 2.42. The van der Waals surface area contributed by atoms with Gasteiger partial charge in [0.05, 0.1) is 29.8 Å². The molecule has 0 aliphatic carbocycles. The maximum Gasteiger partial charge on any atom is 0.152 e. The Labute approximate surface area is 229 Å². The minimum atomic E-state index is -2.86. The monoisotopic (exact) mass is 547 g/mol. The molecule has 0 saturated carbocycles. The summed E-state index contributed by atoms with van der Waals surface area (Å²) in [5.74, 6) is 2.68. The second-order valence-corrected chi connectivity index (χ2v) is 11.8. The van der Waals surface area contributed by atoms with Gasteiger partial charge in [0.2, 0.25) is 0 Å². The molecule has 10 heteroatoms. The summed E-state index contributed by atoms with van der Waals surface area (Å²) in [5, 5.41) is 7.73. The zero-order chi connectivity index (χ0) is 27.1. The molecule has 5 rings (SSSR count). The zero-order valence-corrected chi connectivity index (χ0v) is 22.8. The van der Waals surface area contributed by atoms with Crippen LogP contribution >= 0.6 is 0 Å². The minimum absolute atomic E-state index is 0.248. The van der Waals surface area contributed by atoms with Crippen LogP contribution in [-0.4, -0.2) is 68.1 Å². The van der Waals surface area contributed by atoms with Crippen molar-refractivity contribution in [3.8, 4) is 11.5 Å². The summed E-state index contributed by atoms with van der Waals surface area (Å²) in [6.45, 7) is 3.30. The smallest absolute Gasteiger partial charge is 0.152 e. The molecule has 2 heterocycles. The number of nitrogens with zero attached hydrogens (tertiary/aromatic N) is 3. The van der Waals surface area contributed by atoms with Gasteiger partial charge in [0.25, 0.3) is 0 Å². The van der Waals surface area contributed by atoms with Crippen LogP contribution in [0.4, 0.5) is 17.2 Å². The van der Waals surface area contributed by atoms with Crippen molar-refractivity contribution in [2.45, 2.75) is 13.0 Å². The first-order valence-corrected chi connectivity index (χ1v) is 14.8. The van der Waals surface area contributed by atoms with Crippen molar-refractivity contribution < 1.29 is 17.9 Å². The average molecular weight is 548 g/mol. The number of sulfone groups is 1. The van der Waals surface area contributed by atoms with E-state index in [0.717, 1.165) is 53.1 Å². The number of methoxy groups -OCH3 is 1. The first-order chi connectivity index (χ1) is 19.0. The van der Waals surface area contributed by atoms with Gasteiger partial charge >= 0.3 is 0 Å². The molecule has 1 aliphatic heterocycles. The lowest BCUT2D eigenvalue weighted by Crippen LogP contribution is -2.41. The Morgan fingerprint density at radius 1 is 0.974 bits per heavy atom. The molecule has 0 unspecified atom stereocenters. The highest BCUT2D eigenvalue weighted by Gasteiger charge is 2.21. The summed E-state index contributed by atoms with van der Waals surface area (Å²) in [5.41, 5.74) is 3.63. The van der Waals surface area contributed by atoms with E-state index in [1.165, 1.54) is 6.33 Å². The second kappa shape index (κ2) is 12.3. The SMILES string of the molecule is COc1cc2ncnc(Nc3ccc(OCc4ccccc4)cc3)c2cc1NCCCN1CCS(=O)(=O)CC1. The maximum atomic E-state index is 11.6. The largest absolute Gasteiger partial charge is 0.495 e. The van der Waals surface area contributed by atoms with Crippen LogP contribution in [0.1, 0.15) is 12.0 Å². The quantitative estimate of drug-likeness (QED) is 0.263. The van der Waals surface area contributed by atoms with Gasteiger partial charge in [0, 0.05) is 36.8 Å². The van der Waals surface area contributed by atoms with Crippen LogP contribution in [0.5, 0.6) is 11.5 Å². The molecular formula is C29H33N5O4S. The number of fused-ring (bicyclic) bond motifs is 1. The van der Waals surface area contributed by atoms with E-state index in [1.807, 2.05) is 66.7 Å². The molecule has 204 valence electrons. The van der Waals surface area contributed by atoms with Crippen molar-refractivity contribution in [1.29, 1.82) is 0 Å². The van der Waals surface area contributed by atoms with Gasteiger partial charge in [0.1, 0.15) is 30.3 Å². The number of hydrogen-bond donors (Lipinski definition) is 2. The molecule has 0 spiro atoms. The third-order valence-corrected chi connectivity index (χ3v) is 8.33. The van der Waals surface area contributed by atoms with E-state index < -0.39 is 9.84 Å². The Bertz CT molecular complexity index is 1480. The number of benzene rings is 3. The molecule has 2 N–H and O–H groups in total. The fourth-order valence-electron chi connectivity index (χ4n) is 4.50. The van der Waals surface area contributed by atoms with Gasteiger partial charge in [-0.25, -0.2) is 18.4 Å². The predicted molar refractivity (Wildman–Crippen MR) is 155 cm³/mol. The summed E-state index contributed by atoms with van der Waals surface area (Å²) in [7, 11) is -1.22. The number of nitrogens with one attached hydrogen (secondary N) is 2. The summed E-state index contributed by atoms with van der Waals surface area (Å²) < 4.78 is 34.8. The van der Waals surface area contributed by atoms with Gasteiger partial charge in [-0.3, -0.25) is 0 Å². The zero-order valence-electron chi connectivity index (χ0n) is 22.0. The Hall–Kier alpha value is -3.89. The number of anilines is 3. The molecule has 0 amide bonds. The van der Waals surface area contributed by atoms with Gasteiger partial charge in [-0.05, 0) is 48.9 Å².